The highest BCUT2D eigenvalue weighted by Crippen LogP contribution is 2.60. The largest absolute Gasteiger partial charge is 0.371 e. The number of benzene rings is 2. The maximum absolute atomic E-state index is 13.8. The van der Waals surface area contributed by atoms with Crippen molar-refractivity contribution in [1.82, 2.24) is 4.98 Å². The fraction of sp³-hybridized carbons (Fsp3) is 0.333. The SMILES string of the molecule is O=C(Cc1ccc(Cl)cc1)C1CC12CCN(c1ccnc3ccc(F)cc13)CC2. The lowest BCUT2D eigenvalue weighted by Crippen LogP contribution is -2.36. The first-order chi connectivity index (χ1) is 14.0. The molecule has 5 rings (SSSR count). The van der Waals surface area contributed by atoms with Gasteiger partial charge in [0.25, 0.3) is 0 Å². The van der Waals surface area contributed by atoms with Crippen molar-refractivity contribution in [2.45, 2.75) is 25.7 Å². The molecule has 1 saturated carbocycles. The fourth-order valence-electron chi connectivity index (χ4n) is 4.85. The van der Waals surface area contributed by atoms with E-state index in [1.807, 2.05) is 30.3 Å². The Hall–Kier alpha value is -2.46. The van der Waals surface area contributed by atoms with Crippen molar-refractivity contribution in [3.05, 3.63) is 71.1 Å². The minimum Gasteiger partial charge on any atom is -0.371 e. The van der Waals surface area contributed by atoms with Gasteiger partial charge in [-0.05, 0) is 66.6 Å². The van der Waals surface area contributed by atoms with Crippen LogP contribution in [0.5, 0.6) is 0 Å². The van der Waals surface area contributed by atoms with Crippen molar-refractivity contribution < 1.29 is 9.18 Å². The lowest BCUT2D eigenvalue weighted by atomic mass is 9.88. The van der Waals surface area contributed by atoms with Gasteiger partial charge in [-0.2, -0.15) is 0 Å². The van der Waals surface area contributed by atoms with E-state index in [0.29, 0.717) is 17.2 Å². The molecule has 2 aliphatic rings. The summed E-state index contributed by atoms with van der Waals surface area (Å²) in [6, 6.07) is 14.3. The molecule has 3 nitrogen and oxygen atoms in total. The van der Waals surface area contributed by atoms with E-state index >= 15 is 0 Å². The third-order valence-electron chi connectivity index (χ3n) is 6.65. The molecule has 1 aliphatic heterocycles. The summed E-state index contributed by atoms with van der Waals surface area (Å²) >= 11 is 5.93. The lowest BCUT2D eigenvalue weighted by molar-refractivity contribution is -0.120. The first kappa shape index (κ1) is 18.6. The van der Waals surface area contributed by atoms with E-state index in [1.165, 1.54) is 6.07 Å². The molecule has 1 unspecified atom stereocenters. The van der Waals surface area contributed by atoms with E-state index in [-0.39, 0.29) is 17.2 Å². The monoisotopic (exact) mass is 408 g/mol. The number of Topliss-reactive ketones (excluding diaryl/α,β-unsaturated/α-hetero) is 1. The number of hydrogen-bond donors (Lipinski definition) is 0. The van der Waals surface area contributed by atoms with Crippen LogP contribution < -0.4 is 4.90 Å². The van der Waals surface area contributed by atoms with Crippen LogP contribution in [0, 0.1) is 17.2 Å². The molecular formula is C24H22ClFN2O. The second-order valence-corrected chi connectivity index (χ2v) is 8.80. The molecule has 0 amide bonds. The summed E-state index contributed by atoms with van der Waals surface area (Å²) in [5.41, 5.74) is 3.04. The molecule has 2 aromatic carbocycles. The molecule has 1 aromatic heterocycles. The molecule has 0 radical (unpaired) electrons. The van der Waals surface area contributed by atoms with Gasteiger partial charge in [0.15, 0.2) is 0 Å². The molecule has 1 aliphatic carbocycles. The van der Waals surface area contributed by atoms with Crippen molar-refractivity contribution in [3.63, 3.8) is 0 Å². The van der Waals surface area contributed by atoms with Gasteiger partial charge in [-0.15, -0.1) is 0 Å². The molecule has 3 aromatic rings. The van der Waals surface area contributed by atoms with Gasteiger partial charge < -0.3 is 4.90 Å². The van der Waals surface area contributed by atoms with Crippen molar-refractivity contribution in [2.75, 3.05) is 18.0 Å². The van der Waals surface area contributed by atoms with Crippen molar-refractivity contribution in [2.24, 2.45) is 11.3 Å². The van der Waals surface area contributed by atoms with Crippen LogP contribution >= 0.6 is 11.6 Å². The van der Waals surface area contributed by atoms with Crippen molar-refractivity contribution >= 4 is 34.0 Å². The highest BCUT2D eigenvalue weighted by Gasteiger charge is 2.57. The van der Waals surface area contributed by atoms with Crippen LogP contribution in [-0.2, 0) is 11.2 Å². The van der Waals surface area contributed by atoms with Crippen LogP contribution in [-0.4, -0.2) is 23.9 Å². The molecule has 0 bridgehead atoms. The summed E-state index contributed by atoms with van der Waals surface area (Å²) in [5.74, 6) is 0.277. The average molecular weight is 409 g/mol. The number of hydrogen-bond acceptors (Lipinski definition) is 3. The van der Waals surface area contributed by atoms with Crippen LogP contribution in [0.2, 0.25) is 5.02 Å². The summed E-state index contributed by atoms with van der Waals surface area (Å²) in [6.45, 7) is 1.78. The zero-order chi connectivity index (χ0) is 20.0. The van der Waals surface area contributed by atoms with E-state index < -0.39 is 0 Å². The third-order valence-corrected chi connectivity index (χ3v) is 6.90. The van der Waals surface area contributed by atoms with Gasteiger partial charge in [-0.3, -0.25) is 9.78 Å². The molecule has 1 saturated heterocycles. The highest BCUT2D eigenvalue weighted by molar-refractivity contribution is 6.30. The number of rotatable bonds is 4. The van der Waals surface area contributed by atoms with Crippen molar-refractivity contribution in [3.8, 4) is 0 Å². The first-order valence-corrected chi connectivity index (χ1v) is 10.5. The summed E-state index contributed by atoms with van der Waals surface area (Å²) in [6.07, 6.45) is 5.28. The molecule has 0 N–H and O–H groups in total. The van der Waals surface area contributed by atoms with Crippen LogP contribution in [0.25, 0.3) is 10.9 Å². The Labute approximate surface area is 174 Å². The smallest absolute Gasteiger partial charge is 0.140 e. The number of carbonyl (C=O) groups excluding carboxylic acids is 1. The van der Waals surface area contributed by atoms with E-state index in [1.54, 1.807) is 18.3 Å². The van der Waals surface area contributed by atoms with E-state index in [0.717, 1.165) is 54.5 Å². The first-order valence-electron chi connectivity index (χ1n) is 10.1. The summed E-state index contributed by atoms with van der Waals surface area (Å²) in [4.78, 5) is 19.5. The number of halogens is 2. The van der Waals surface area contributed by atoms with E-state index in [4.69, 9.17) is 11.6 Å². The second-order valence-electron chi connectivity index (χ2n) is 8.37. The fourth-order valence-corrected chi connectivity index (χ4v) is 4.98. The highest BCUT2D eigenvalue weighted by atomic mass is 35.5. The molecule has 1 spiro atoms. The van der Waals surface area contributed by atoms with Crippen LogP contribution in [0.1, 0.15) is 24.8 Å². The van der Waals surface area contributed by atoms with Gasteiger partial charge in [0, 0.05) is 47.7 Å². The molecule has 5 heteroatoms. The Bertz CT molecular complexity index is 1070. The number of ketones is 1. The number of pyridine rings is 1. The Morgan fingerprint density at radius 1 is 1.14 bits per heavy atom. The normalized spacial score (nSPS) is 20.2. The number of piperidine rings is 1. The Morgan fingerprint density at radius 3 is 2.66 bits per heavy atom. The average Bonchev–Trinajstić information content (AvgIpc) is 3.43. The topological polar surface area (TPSA) is 33.2 Å². The zero-order valence-corrected chi connectivity index (χ0v) is 16.8. The zero-order valence-electron chi connectivity index (χ0n) is 16.1. The van der Waals surface area contributed by atoms with E-state index in [2.05, 4.69) is 9.88 Å². The minimum absolute atomic E-state index is 0.161. The summed E-state index contributed by atoms with van der Waals surface area (Å²) in [7, 11) is 0. The van der Waals surface area contributed by atoms with Gasteiger partial charge >= 0.3 is 0 Å². The van der Waals surface area contributed by atoms with Crippen molar-refractivity contribution in [1.29, 1.82) is 0 Å². The number of nitrogens with zero attached hydrogens (tertiary/aromatic N) is 2. The van der Waals surface area contributed by atoms with Gasteiger partial charge in [0.05, 0.1) is 5.52 Å². The third kappa shape index (κ3) is 3.51. The molecular weight excluding hydrogens is 387 g/mol. The van der Waals surface area contributed by atoms with Gasteiger partial charge in [0.1, 0.15) is 11.6 Å². The summed E-state index contributed by atoms with van der Waals surface area (Å²) < 4.78 is 13.8. The number of anilines is 1. The molecule has 148 valence electrons. The lowest BCUT2D eigenvalue weighted by Gasteiger charge is -2.35. The Balaban J connectivity index is 1.26. The second kappa shape index (κ2) is 7.10. The maximum atomic E-state index is 13.8. The predicted molar refractivity (Wildman–Crippen MR) is 114 cm³/mol. The Morgan fingerprint density at radius 2 is 1.90 bits per heavy atom. The number of carbonyl (C=O) groups is 1. The predicted octanol–water partition coefficient (Wildman–Crippen LogP) is 5.45. The van der Waals surface area contributed by atoms with E-state index in [9.17, 15) is 9.18 Å². The molecule has 29 heavy (non-hydrogen) atoms. The number of fused-ring (bicyclic) bond motifs is 1. The number of aromatic nitrogens is 1. The standard InChI is InChI=1S/C24H22ClFN2O/c25-17-3-1-16(2-4-17)13-23(29)20-15-24(20)8-11-28(12-9-24)22-7-10-27-21-6-5-18(26)14-19(21)22/h1-7,10,14,20H,8-9,11-13,15H2. The van der Waals surface area contributed by atoms with Gasteiger partial charge in [-0.1, -0.05) is 23.7 Å². The van der Waals surface area contributed by atoms with Crippen LogP contribution in [0.3, 0.4) is 0 Å². The molecule has 2 fully saturated rings. The van der Waals surface area contributed by atoms with Gasteiger partial charge in [0.2, 0.25) is 0 Å². The molecule has 2 heterocycles. The Kier molecular flexibility index (Phi) is 4.54. The van der Waals surface area contributed by atoms with Crippen LogP contribution in [0.4, 0.5) is 10.1 Å². The van der Waals surface area contributed by atoms with Crippen LogP contribution in [0.15, 0.2) is 54.7 Å². The maximum Gasteiger partial charge on any atom is 0.140 e. The quantitative estimate of drug-likeness (QED) is 0.575. The van der Waals surface area contributed by atoms with Gasteiger partial charge in [-0.25, -0.2) is 4.39 Å². The molecule has 1 atom stereocenters. The minimum atomic E-state index is -0.240. The summed E-state index contributed by atoms with van der Waals surface area (Å²) in [5, 5.41) is 1.55.